The number of amides is 1. The van der Waals surface area contributed by atoms with Gasteiger partial charge in [-0.1, -0.05) is 24.3 Å². The number of hydrogen-bond donors (Lipinski definition) is 1. The van der Waals surface area contributed by atoms with E-state index in [2.05, 4.69) is 10.3 Å². The van der Waals surface area contributed by atoms with Gasteiger partial charge in [0.2, 0.25) is 0 Å². The van der Waals surface area contributed by atoms with Crippen molar-refractivity contribution in [2.75, 3.05) is 5.32 Å². The number of anilines is 1. The SMILES string of the molecule is Cc1cccc(C(=O)Nc2c(C)cccc2C)n1. The van der Waals surface area contributed by atoms with E-state index in [1.54, 1.807) is 6.07 Å². The number of nitrogens with zero attached hydrogens (tertiary/aromatic N) is 1. The third kappa shape index (κ3) is 2.56. The number of benzene rings is 1. The quantitative estimate of drug-likeness (QED) is 0.875. The molecular formula is C15H16N2O. The highest BCUT2D eigenvalue weighted by molar-refractivity contribution is 6.03. The lowest BCUT2D eigenvalue weighted by molar-refractivity contribution is 0.102. The molecule has 3 heteroatoms. The molecule has 1 heterocycles. The van der Waals surface area contributed by atoms with Gasteiger partial charge in [0.05, 0.1) is 0 Å². The third-order valence-electron chi connectivity index (χ3n) is 2.84. The molecule has 0 aliphatic heterocycles. The summed E-state index contributed by atoms with van der Waals surface area (Å²) in [5.74, 6) is -0.170. The number of carbonyl (C=O) groups excluding carboxylic acids is 1. The molecule has 0 saturated carbocycles. The summed E-state index contributed by atoms with van der Waals surface area (Å²) in [7, 11) is 0. The van der Waals surface area contributed by atoms with Gasteiger partial charge in [-0.2, -0.15) is 0 Å². The van der Waals surface area contributed by atoms with E-state index in [-0.39, 0.29) is 5.91 Å². The molecule has 0 radical (unpaired) electrons. The van der Waals surface area contributed by atoms with Crippen LogP contribution in [0.15, 0.2) is 36.4 Å². The van der Waals surface area contributed by atoms with Crippen molar-refractivity contribution in [2.45, 2.75) is 20.8 Å². The minimum absolute atomic E-state index is 0.170. The van der Waals surface area contributed by atoms with Crippen molar-refractivity contribution in [2.24, 2.45) is 0 Å². The maximum absolute atomic E-state index is 12.1. The number of carbonyl (C=O) groups is 1. The molecule has 0 saturated heterocycles. The number of hydrogen-bond acceptors (Lipinski definition) is 2. The predicted octanol–water partition coefficient (Wildman–Crippen LogP) is 3.26. The summed E-state index contributed by atoms with van der Waals surface area (Å²) < 4.78 is 0. The van der Waals surface area contributed by atoms with E-state index in [4.69, 9.17) is 0 Å². The van der Waals surface area contributed by atoms with E-state index in [0.717, 1.165) is 22.5 Å². The third-order valence-corrected chi connectivity index (χ3v) is 2.84. The van der Waals surface area contributed by atoms with Crippen molar-refractivity contribution in [1.82, 2.24) is 4.98 Å². The Kier molecular flexibility index (Phi) is 3.42. The molecule has 0 aliphatic rings. The van der Waals surface area contributed by atoms with Gasteiger partial charge in [0.1, 0.15) is 5.69 Å². The van der Waals surface area contributed by atoms with Crippen LogP contribution in [0.5, 0.6) is 0 Å². The first kappa shape index (κ1) is 12.3. The van der Waals surface area contributed by atoms with E-state index in [0.29, 0.717) is 5.69 Å². The van der Waals surface area contributed by atoms with Gasteiger partial charge < -0.3 is 5.32 Å². The van der Waals surface area contributed by atoms with Crippen LogP contribution in [-0.4, -0.2) is 10.9 Å². The van der Waals surface area contributed by atoms with Crippen LogP contribution >= 0.6 is 0 Å². The Hall–Kier alpha value is -2.16. The van der Waals surface area contributed by atoms with E-state index < -0.39 is 0 Å². The molecule has 0 spiro atoms. The van der Waals surface area contributed by atoms with E-state index >= 15 is 0 Å². The monoisotopic (exact) mass is 240 g/mol. The Morgan fingerprint density at radius 1 is 1.00 bits per heavy atom. The molecule has 2 aromatic rings. The largest absolute Gasteiger partial charge is 0.320 e. The summed E-state index contributed by atoms with van der Waals surface area (Å²) in [6, 6.07) is 11.4. The van der Waals surface area contributed by atoms with Crippen LogP contribution in [0.25, 0.3) is 0 Å². The van der Waals surface area contributed by atoms with Crippen LogP contribution < -0.4 is 5.32 Å². The average Bonchev–Trinajstić information content (AvgIpc) is 2.34. The second kappa shape index (κ2) is 5.00. The molecule has 1 aromatic carbocycles. The Labute approximate surface area is 107 Å². The molecule has 0 aliphatic carbocycles. The lowest BCUT2D eigenvalue weighted by atomic mass is 10.1. The molecule has 3 nitrogen and oxygen atoms in total. The Morgan fingerprint density at radius 2 is 1.61 bits per heavy atom. The number of aryl methyl sites for hydroxylation is 3. The lowest BCUT2D eigenvalue weighted by Gasteiger charge is -2.11. The van der Waals surface area contributed by atoms with Crippen molar-refractivity contribution in [3.63, 3.8) is 0 Å². The second-order valence-corrected chi connectivity index (χ2v) is 4.39. The van der Waals surface area contributed by atoms with Gasteiger partial charge in [0.15, 0.2) is 0 Å². The van der Waals surface area contributed by atoms with Crippen LogP contribution in [-0.2, 0) is 0 Å². The van der Waals surface area contributed by atoms with E-state index in [1.807, 2.05) is 51.1 Å². The van der Waals surface area contributed by atoms with Crippen LogP contribution in [0.4, 0.5) is 5.69 Å². The highest BCUT2D eigenvalue weighted by Crippen LogP contribution is 2.20. The first-order valence-corrected chi connectivity index (χ1v) is 5.89. The Bertz CT molecular complexity index is 571. The first-order chi connectivity index (χ1) is 8.58. The topological polar surface area (TPSA) is 42.0 Å². The molecule has 0 fully saturated rings. The van der Waals surface area contributed by atoms with E-state index in [9.17, 15) is 4.79 Å². The standard InChI is InChI=1S/C15H16N2O/c1-10-6-4-7-11(2)14(10)17-15(18)13-9-5-8-12(3)16-13/h4-9H,1-3H3,(H,17,18). The average molecular weight is 240 g/mol. The maximum Gasteiger partial charge on any atom is 0.274 e. The fourth-order valence-corrected chi connectivity index (χ4v) is 1.86. The second-order valence-electron chi connectivity index (χ2n) is 4.39. The lowest BCUT2D eigenvalue weighted by Crippen LogP contribution is -2.15. The number of pyridine rings is 1. The van der Waals surface area contributed by atoms with Crippen molar-refractivity contribution in [3.05, 3.63) is 58.9 Å². The maximum atomic E-state index is 12.1. The zero-order valence-electron chi connectivity index (χ0n) is 10.8. The normalized spacial score (nSPS) is 10.2. The molecule has 1 aromatic heterocycles. The minimum atomic E-state index is -0.170. The molecule has 0 atom stereocenters. The summed E-state index contributed by atoms with van der Waals surface area (Å²) in [6.45, 7) is 5.83. The Morgan fingerprint density at radius 3 is 2.22 bits per heavy atom. The predicted molar refractivity (Wildman–Crippen MR) is 72.8 cm³/mol. The molecule has 1 N–H and O–H groups in total. The minimum Gasteiger partial charge on any atom is -0.320 e. The van der Waals surface area contributed by atoms with E-state index in [1.165, 1.54) is 0 Å². The number of rotatable bonds is 2. The zero-order valence-corrected chi connectivity index (χ0v) is 10.8. The Balaban J connectivity index is 2.27. The van der Waals surface area contributed by atoms with Gasteiger partial charge in [0.25, 0.3) is 5.91 Å². The van der Waals surface area contributed by atoms with Gasteiger partial charge in [0, 0.05) is 11.4 Å². The summed E-state index contributed by atoms with van der Waals surface area (Å²) in [5, 5.41) is 2.92. The molecule has 1 amide bonds. The molecule has 0 bridgehead atoms. The summed E-state index contributed by atoms with van der Waals surface area (Å²) in [6.07, 6.45) is 0. The molecule has 0 unspecified atom stereocenters. The summed E-state index contributed by atoms with van der Waals surface area (Å²) in [4.78, 5) is 16.3. The molecule has 2 rings (SSSR count). The van der Waals surface area contributed by atoms with Crippen molar-refractivity contribution < 1.29 is 4.79 Å². The van der Waals surface area contributed by atoms with Crippen LogP contribution in [0, 0.1) is 20.8 Å². The van der Waals surface area contributed by atoms with Crippen molar-refractivity contribution in [1.29, 1.82) is 0 Å². The van der Waals surface area contributed by atoms with Crippen LogP contribution in [0.2, 0.25) is 0 Å². The molecular weight excluding hydrogens is 224 g/mol. The summed E-state index contributed by atoms with van der Waals surface area (Å²) in [5.41, 5.74) is 4.25. The van der Waals surface area contributed by atoms with Gasteiger partial charge in [-0.25, -0.2) is 4.98 Å². The van der Waals surface area contributed by atoms with Gasteiger partial charge in [-0.3, -0.25) is 4.79 Å². The smallest absolute Gasteiger partial charge is 0.274 e. The van der Waals surface area contributed by atoms with Crippen LogP contribution in [0.1, 0.15) is 27.3 Å². The molecule has 92 valence electrons. The zero-order chi connectivity index (χ0) is 13.1. The van der Waals surface area contributed by atoms with Gasteiger partial charge in [-0.15, -0.1) is 0 Å². The highest BCUT2D eigenvalue weighted by Gasteiger charge is 2.10. The van der Waals surface area contributed by atoms with Gasteiger partial charge in [-0.05, 0) is 44.0 Å². The van der Waals surface area contributed by atoms with Crippen molar-refractivity contribution in [3.8, 4) is 0 Å². The number of nitrogens with one attached hydrogen (secondary N) is 1. The molecule has 18 heavy (non-hydrogen) atoms. The van der Waals surface area contributed by atoms with Crippen molar-refractivity contribution >= 4 is 11.6 Å². The number of aromatic nitrogens is 1. The first-order valence-electron chi connectivity index (χ1n) is 5.89. The fraction of sp³-hybridized carbons (Fsp3) is 0.200. The van der Waals surface area contributed by atoms with Crippen LogP contribution in [0.3, 0.4) is 0 Å². The van der Waals surface area contributed by atoms with Gasteiger partial charge >= 0.3 is 0 Å². The highest BCUT2D eigenvalue weighted by atomic mass is 16.1. The fourth-order valence-electron chi connectivity index (χ4n) is 1.86. The number of para-hydroxylation sites is 1. The summed E-state index contributed by atoms with van der Waals surface area (Å²) >= 11 is 0.